The number of aromatic hydroxyl groups is 1. The second-order valence-electron chi connectivity index (χ2n) is 6.66. The Morgan fingerprint density at radius 3 is 2.09 bits per heavy atom. The average Bonchev–Trinajstić information content (AvgIpc) is 2.56. The van der Waals surface area contributed by atoms with Gasteiger partial charge in [-0.3, -0.25) is 4.99 Å². The monoisotopic (exact) mass is 317 g/mol. The summed E-state index contributed by atoms with van der Waals surface area (Å²) in [5.41, 5.74) is 0.808. The third-order valence-electron chi connectivity index (χ3n) is 4.38. The van der Waals surface area contributed by atoms with Crippen LogP contribution in [-0.4, -0.2) is 17.4 Å². The average molecular weight is 318 g/mol. The van der Waals surface area contributed by atoms with Crippen molar-refractivity contribution in [2.75, 3.05) is 0 Å². The van der Waals surface area contributed by atoms with Gasteiger partial charge in [0.15, 0.2) is 0 Å². The summed E-state index contributed by atoms with van der Waals surface area (Å²) in [5, 5.41) is 9.70. The van der Waals surface area contributed by atoms with Crippen molar-refractivity contribution in [3.05, 3.63) is 29.8 Å². The third-order valence-corrected chi connectivity index (χ3v) is 4.38. The maximum atomic E-state index is 9.70. The number of hydrogen-bond donors (Lipinski definition) is 1. The van der Waals surface area contributed by atoms with E-state index in [-0.39, 0.29) is 0 Å². The van der Waals surface area contributed by atoms with Crippen molar-refractivity contribution in [2.45, 2.75) is 90.5 Å². The molecule has 0 heterocycles. The zero-order chi connectivity index (χ0) is 16.8. The molecule has 0 amide bonds. The van der Waals surface area contributed by atoms with Crippen LogP contribution in [0.2, 0.25) is 0 Å². The van der Waals surface area contributed by atoms with E-state index in [1.807, 2.05) is 18.2 Å². The normalized spacial score (nSPS) is 12.8. The van der Waals surface area contributed by atoms with Crippen molar-refractivity contribution in [3.8, 4) is 5.75 Å². The van der Waals surface area contributed by atoms with E-state index in [1.165, 1.54) is 64.2 Å². The summed E-state index contributed by atoms with van der Waals surface area (Å²) in [6, 6.07) is 7.69. The highest BCUT2D eigenvalue weighted by atomic mass is 16.3. The zero-order valence-corrected chi connectivity index (χ0v) is 15.1. The molecule has 0 fully saturated rings. The van der Waals surface area contributed by atoms with Gasteiger partial charge in [-0.25, -0.2) is 0 Å². The molecule has 0 radical (unpaired) electrons. The number of para-hydroxylation sites is 1. The second-order valence-corrected chi connectivity index (χ2v) is 6.66. The summed E-state index contributed by atoms with van der Waals surface area (Å²) in [6.45, 7) is 4.43. The maximum absolute atomic E-state index is 9.70. The van der Waals surface area contributed by atoms with E-state index in [2.05, 4.69) is 18.8 Å². The number of phenols is 1. The molecule has 0 aliphatic heterocycles. The van der Waals surface area contributed by atoms with Crippen LogP contribution < -0.4 is 0 Å². The lowest BCUT2D eigenvalue weighted by Gasteiger charge is -2.06. The Hall–Kier alpha value is -1.31. The predicted octanol–water partition coefficient (Wildman–Crippen LogP) is 6.51. The summed E-state index contributed by atoms with van der Waals surface area (Å²) in [4.78, 5) is 4.55. The minimum atomic E-state index is 0.308. The quantitative estimate of drug-likeness (QED) is 0.326. The van der Waals surface area contributed by atoms with Crippen molar-refractivity contribution in [2.24, 2.45) is 4.99 Å². The number of hydrogen-bond acceptors (Lipinski definition) is 2. The van der Waals surface area contributed by atoms with Gasteiger partial charge in [-0.2, -0.15) is 0 Å². The number of benzene rings is 1. The lowest BCUT2D eigenvalue weighted by atomic mass is 10.0. The Morgan fingerprint density at radius 2 is 1.48 bits per heavy atom. The molecule has 0 saturated heterocycles. The van der Waals surface area contributed by atoms with Gasteiger partial charge in [-0.1, -0.05) is 83.3 Å². The number of phenolic OH excluding ortho intramolecular Hbond substituents is 1. The maximum Gasteiger partial charge on any atom is 0.124 e. The minimum Gasteiger partial charge on any atom is -0.507 e. The van der Waals surface area contributed by atoms with Crippen LogP contribution in [0.4, 0.5) is 0 Å². The van der Waals surface area contributed by atoms with Crippen molar-refractivity contribution < 1.29 is 5.11 Å². The van der Waals surface area contributed by atoms with Gasteiger partial charge in [0.05, 0.1) is 0 Å². The number of rotatable bonds is 13. The fraction of sp³-hybridized carbons (Fsp3) is 0.667. The molecule has 0 aliphatic carbocycles. The van der Waals surface area contributed by atoms with Crippen molar-refractivity contribution in [1.82, 2.24) is 0 Å². The van der Waals surface area contributed by atoms with Crippen LogP contribution in [0.3, 0.4) is 0 Å². The molecule has 0 bridgehead atoms. The number of unbranched alkanes of at least 4 members (excludes halogenated alkanes) is 9. The van der Waals surface area contributed by atoms with Crippen LogP contribution in [0.5, 0.6) is 5.75 Å². The Bertz CT molecular complexity index is 428. The Morgan fingerprint density at radius 1 is 0.913 bits per heavy atom. The molecule has 23 heavy (non-hydrogen) atoms. The summed E-state index contributed by atoms with van der Waals surface area (Å²) >= 11 is 0. The zero-order valence-electron chi connectivity index (χ0n) is 15.1. The summed E-state index contributed by atoms with van der Waals surface area (Å²) in [6.07, 6.45) is 16.7. The molecule has 1 aromatic rings. The molecule has 2 nitrogen and oxygen atoms in total. The van der Waals surface area contributed by atoms with E-state index >= 15 is 0 Å². The molecular weight excluding hydrogens is 282 g/mol. The molecule has 1 unspecified atom stereocenters. The van der Waals surface area contributed by atoms with Gasteiger partial charge in [0.1, 0.15) is 5.75 Å². The van der Waals surface area contributed by atoms with Crippen LogP contribution in [0.15, 0.2) is 29.3 Å². The topological polar surface area (TPSA) is 32.6 Å². The molecule has 0 aliphatic rings. The van der Waals surface area contributed by atoms with Gasteiger partial charge in [-0.05, 0) is 25.5 Å². The molecule has 1 atom stereocenters. The molecule has 0 spiro atoms. The second kappa shape index (κ2) is 13.2. The lowest BCUT2D eigenvalue weighted by Crippen LogP contribution is -1.98. The molecule has 0 saturated carbocycles. The Kier molecular flexibility index (Phi) is 11.3. The minimum absolute atomic E-state index is 0.308. The fourth-order valence-electron chi connectivity index (χ4n) is 2.81. The van der Waals surface area contributed by atoms with Crippen LogP contribution >= 0.6 is 0 Å². The van der Waals surface area contributed by atoms with Crippen molar-refractivity contribution in [3.63, 3.8) is 0 Å². The first-order valence-electron chi connectivity index (χ1n) is 9.55. The molecular formula is C21H35NO. The summed E-state index contributed by atoms with van der Waals surface area (Å²) in [5.74, 6) is 0.308. The summed E-state index contributed by atoms with van der Waals surface area (Å²) < 4.78 is 0. The van der Waals surface area contributed by atoms with Crippen LogP contribution in [0.1, 0.15) is 90.0 Å². The fourth-order valence-corrected chi connectivity index (χ4v) is 2.81. The Balaban J connectivity index is 2.00. The first-order valence-corrected chi connectivity index (χ1v) is 9.55. The molecule has 1 N–H and O–H groups in total. The van der Waals surface area contributed by atoms with Gasteiger partial charge in [0.25, 0.3) is 0 Å². The van der Waals surface area contributed by atoms with Crippen LogP contribution in [-0.2, 0) is 0 Å². The molecule has 2 heteroatoms. The Labute approximate surface area is 143 Å². The first kappa shape index (κ1) is 19.7. The van der Waals surface area contributed by atoms with E-state index in [0.29, 0.717) is 11.8 Å². The molecule has 1 rings (SSSR count). The SMILES string of the molecule is CCCCCCCCCCCCC(C)N=Cc1ccccc1O. The highest BCUT2D eigenvalue weighted by Crippen LogP contribution is 2.15. The van der Waals surface area contributed by atoms with Crippen LogP contribution in [0.25, 0.3) is 0 Å². The van der Waals surface area contributed by atoms with Crippen LogP contribution in [0, 0.1) is 0 Å². The van der Waals surface area contributed by atoms with E-state index < -0.39 is 0 Å². The van der Waals surface area contributed by atoms with E-state index in [0.717, 1.165) is 12.0 Å². The van der Waals surface area contributed by atoms with Crippen molar-refractivity contribution >= 4 is 6.21 Å². The van der Waals surface area contributed by atoms with Gasteiger partial charge >= 0.3 is 0 Å². The smallest absolute Gasteiger partial charge is 0.124 e. The van der Waals surface area contributed by atoms with Gasteiger partial charge in [-0.15, -0.1) is 0 Å². The predicted molar refractivity (Wildman–Crippen MR) is 102 cm³/mol. The highest BCUT2D eigenvalue weighted by molar-refractivity contribution is 5.83. The standard InChI is InChI=1S/C21H35NO/c1-3-4-5-6-7-8-9-10-11-12-15-19(2)22-18-20-16-13-14-17-21(20)23/h13-14,16-19,23H,3-12,15H2,1-2H3. The highest BCUT2D eigenvalue weighted by Gasteiger charge is 2.00. The van der Waals surface area contributed by atoms with Gasteiger partial charge in [0.2, 0.25) is 0 Å². The first-order chi connectivity index (χ1) is 11.2. The molecule has 1 aromatic carbocycles. The third kappa shape index (κ3) is 10.1. The number of aliphatic imine (C=N–C) groups is 1. The lowest BCUT2D eigenvalue weighted by molar-refractivity contribution is 0.474. The van der Waals surface area contributed by atoms with Crippen molar-refractivity contribution in [1.29, 1.82) is 0 Å². The van der Waals surface area contributed by atoms with E-state index in [1.54, 1.807) is 12.3 Å². The molecule has 130 valence electrons. The molecule has 0 aromatic heterocycles. The summed E-state index contributed by atoms with van der Waals surface area (Å²) in [7, 11) is 0. The number of nitrogens with zero attached hydrogens (tertiary/aromatic N) is 1. The van der Waals surface area contributed by atoms with Gasteiger partial charge in [0, 0.05) is 17.8 Å². The van der Waals surface area contributed by atoms with E-state index in [9.17, 15) is 5.11 Å². The van der Waals surface area contributed by atoms with Gasteiger partial charge < -0.3 is 5.11 Å². The largest absolute Gasteiger partial charge is 0.507 e. The van der Waals surface area contributed by atoms with E-state index in [4.69, 9.17) is 0 Å².